The number of allylic oxidation sites excluding steroid dienone is 5. The van der Waals surface area contributed by atoms with Crippen molar-refractivity contribution in [2.75, 3.05) is 0 Å². The average Bonchev–Trinajstić information content (AvgIpc) is 3.50. The van der Waals surface area contributed by atoms with Gasteiger partial charge in [-0.15, -0.1) is 0 Å². The molecule has 4 aromatic carbocycles. The second kappa shape index (κ2) is 8.99. The summed E-state index contributed by atoms with van der Waals surface area (Å²) in [6.45, 7) is 4.67. The Balaban J connectivity index is 1.42. The first-order valence-electron chi connectivity index (χ1n) is 14.5. The molecule has 2 aromatic heterocycles. The average molecular weight is 517 g/mol. The number of nitrogens with zero attached hydrogens (tertiary/aromatic N) is 2. The molecule has 8 rings (SSSR count). The van der Waals surface area contributed by atoms with Crippen LogP contribution in [0.3, 0.4) is 0 Å². The number of hydrogen-bond acceptors (Lipinski definition) is 0. The van der Waals surface area contributed by atoms with E-state index < -0.39 is 0 Å². The van der Waals surface area contributed by atoms with Crippen molar-refractivity contribution >= 4 is 44.5 Å². The standard InChI is InChI=1S/C38H32N2/c1-25-10-8-14-30(22-25)39-35-17-7-6-15-31(35)33-23-37-34(24-36(33)39)32-16-9-11-26(2)38(32)40(37)29-20-18-28(19-21-29)27-12-4-3-5-13-27/h3-9,12-26H,10-11H2,1-2H3. The lowest BCUT2D eigenvalue weighted by Gasteiger charge is -2.19. The minimum atomic E-state index is 0.448. The van der Waals surface area contributed by atoms with E-state index in [4.69, 9.17) is 0 Å². The first kappa shape index (κ1) is 23.3. The predicted molar refractivity (Wildman–Crippen MR) is 171 cm³/mol. The van der Waals surface area contributed by atoms with Gasteiger partial charge in [-0.2, -0.15) is 0 Å². The van der Waals surface area contributed by atoms with E-state index in [0.717, 1.165) is 12.8 Å². The van der Waals surface area contributed by atoms with Crippen LogP contribution in [0.25, 0.3) is 61.3 Å². The van der Waals surface area contributed by atoms with Crippen LogP contribution < -0.4 is 0 Å². The summed E-state index contributed by atoms with van der Waals surface area (Å²) in [5, 5.41) is 3.94. The van der Waals surface area contributed by atoms with Crippen LogP contribution in [0.2, 0.25) is 0 Å². The predicted octanol–water partition coefficient (Wildman–Crippen LogP) is 10.4. The van der Waals surface area contributed by atoms with E-state index in [1.807, 2.05) is 0 Å². The summed E-state index contributed by atoms with van der Waals surface area (Å²) in [5.74, 6) is 0.987. The Labute approximate surface area is 235 Å². The van der Waals surface area contributed by atoms with Gasteiger partial charge >= 0.3 is 0 Å². The lowest BCUT2D eigenvalue weighted by atomic mass is 9.93. The number of rotatable bonds is 3. The fraction of sp³-hybridized carbons (Fsp3) is 0.158. The Hall–Kier alpha value is -4.56. The summed E-state index contributed by atoms with van der Waals surface area (Å²) in [6.07, 6.45) is 13.9. The second-order valence-corrected chi connectivity index (χ2v) is 11.5. The fourth-order valence-corrected chi connectivity index (χ4v) is 6.91. The maximum Gasteiger partial charge on any atom is 0.0548 e. The van der Waals surface area contributed by atoms with Crippen molar-refractivity contribution in [2.45, 2.75) is 32.6 Å². The topological polar surface area (TPSA) is 9.86 Å². The molecule has 0 amide bonds. The highest BCUT2D eigenvalue weighted by atomic mass is 15.0. The normalized spacial score (nSPS) is 18.5. The summed E-state index contributed by atoms with van der Waals surface area (Å²) >= 11 is 0. The SMILES string of the molecule is CC1C=C(n2c3ccccc3c3cc4c(cc32)c2c(n4-c3ccc(-c4ccccc4)cc3)C(C)CC=C2)C=CC1. The first-order valence-corrected chi connectivity index (χ1v) is 14.5. The van der Waals surface area contributed by atoms with Crippen LogP contribution in [0.15, 0.2) is 115 Å². The Bertz CT molecular complexity index is 2010. The number of hydrogen-bond donors (Lipinski definition) is 0. The van der Waals surface area contributed by atoms with Crippen molar-refractivity contribution in [3.05, 3.63) is 127 Å². The lowest BCUT2D eigenvalue weighted by Crippen LogP contribution is -2.06. The molecule has 0 spiro atoms. The van der Waals surface area contributed by atoms with Gasteiger partial charge < -0.3 is 9.13 Å². The minimum absolute atomic E-state index is 0.448. The Morgan fingerprint density at radius 2 is 1.30 bits per heavy atom. The number of aromatic nitrogens is 2. The molecule has 2 atom stereocenters. The fourth-order valence-electron chi connectivity index (χ4n) is 6.91. The third-order valence-corrected chi connectivity index (χ3v) is 8.82. The van der Waals surface area contributed by atoms with Crippen LogP contribution in [0, 0.1) is 5.92 Å². The van der Waals surface area contributed by atoms with E-state index >= 15 is 0 Å². The van der Waals surface area contributed by atoms with Crippen molar-refractivity contribution < 1.29 is 0 Å². The molecule has 2 aliphatic rings. The number of benzene rings is 4. The van der Waals surface area contributed by atoms with E-state index in [1.54, 1.807) is 0 Å². The highest BCUT2D eigenvalue weighted by Crippen LogP contribution is 2.43. The molecule has 6 aromatic rings. The molecule has 0 saturated heterocycles. The maximum absolute atomic E-state index is 2.53. The third kappa shape index (κ3) is 3.49. The van der Waals surface area contributed by atoms with Gasteiger partial charge in [-0.05, 0) is 66.3 Å². The summed E-state index contributed by atoms with van der Waals surface area (Å²) < 4.78 is 5.01. The second-order valence-electron chi connectivity index (χ2n) is 11.5. The molecule has 0 N–H and O–H groups in total. The Morgan fingerprint density at radius 3 is 2.12 bits per heavy atom. The number of para-hydroxylation sites is 1. The molecule has 2 unspecified atom stereocenters. The van der Waals surface area contributed by atoms with Gasteiger partial charge in [-0.25, -0.2) is 0 Å². The van der Waals surface area contributed by atoms with Gasteiger partial charge in [-0.3, -0.25) is 0 Å². The van der Waals surface area contributed by atoms with Gasteiger partial charge in [0.1, 0.15) is 0 Å². The van der Waals surface area contributed by atoms with Crippen molar-refractivity contribution in [3.63, 3.8) is 0 Å². The van der Waals surface area contributed by atoms with Crippen LogP contribution in [0.5, 0.6) is 0 Å². The molecular formula is C38H32N2. The number of fused-ring (bicyclic) bond motifs is 6. The smallest absolute Gasteiger partial charge is 0.0548 e. The van der Waals surface area contributed by atoms with Crippen LogP contribution in [-0.2, 0) is 0 Å². The van der Waals surface area contributed by atoms with Gasteiger partial charge in [0.25, 0.3) is 0 Å². The molecule has 194 valence electrons. The van der Waals surface area contributed by atoms with Gasteiger partial charge in [0.05, 0.1) is 16.6 Å². The molecule has 2 heteroatoms. The summed E-state index contributed by atoms with van der Waals surface area (Å²) in [6, 6.07) is 33.5. The van der Waals surface area contributed by atoms with E-state index in [0.29, 0.717) is 11.8 Å². The van der Waals surface area contributed by atoms with Crippen molar-refractivity contribution in [1.82, 2.24) is 9.13 Å². The van der Waals surface area contributed by atoms with Crippen molar-refractivity contribution in [3.8, 4) is 16.8 Å². The Morgan fingerprint density at radius 1 is 0.600 bits per heavy atom. The van der Waals surface area contributed by atoms with Gasteiger partial charge in [0, 0.05) is 44.7 Å². The van der Waals surface area contributed by atoms with Gasteiger partial charge in [0.15, 0.2) is 0 Å². The van der Waals surface area contributed by atoms with E-state index in [-0.39, 0.29) is 0 Å². The molecule has 0 radical (unpaired) electrons. The molecule has 2 heterocycles. The summed E-state index contributed by atoms with van der Waals surface area (Å²) in [4.78, 5) is 0. The maximum atomic E-state index is 2.53. The van der Waals surface area contributed by atoms with Crippen molar-refractivity contribution in [1.29, 1.82) is 0 Å². The summed E-state index contributed by atoms with van der Waals surface area (Å²) in [5.41, 5.74) is 11.6. The molecule has 40 heavy (non-hydrogen) atoms. The Kier molecular flexibility index (Phi) is 5.25. The van der Waals surface area contributed by atoms with E-state index in [9.17, 15) is 0 Å². The van der Waals surface area contributed by atoms with Crippen molar-refractivity contribution in [2.24, 2.45) is 5.92 Å². The molecule has 2 nitrogen and oxygen atoms in total. The quantitative estimate of drug-likeness (QED) is 0.221. The molecule has 2 aliphatic carbocycles. The van der Waals surface area contributed by atoms with Crippen LogP contribution in [-0.4, -0.2) is 9.13 Å². The first-order chi connectivity index (χ1) is 19.7. The molecule has 0 fully saturated rings. The highest BCUT2D eigenvalue weighted by molar-refractivity contribution is 6.15. The molecule has 0 aliphatic heterocycles. The van der Waals surface area contributed by atoms with Gasteiger partial charge in [0.2, 0.25) is 0 Å². The van der Waals surface area contributed by atoms with Crippen LogP contribution in [0.4, 0.5) is 0 Å². The zero-order valence-corrected chi connectivity index (χ0v) is 23.0. The largest absolute Gasteiger partial charge is 0.313 e. The van der Waals surface area contributed by atoms with E-state index in [2.05, 4.69) is 144 Å². The minimum Gasteiger partial charge on any atom is -0.313 e. The van der Waals surface area contributed by atoms with Crippen LogP contribution >= 0.6 is 0 Å². The van der Waals surface area contributed by atoms with Crippen LogP contribution in [0.1, 0.15) is 43.9 Å². The zero-order chi connectivity index (χ0) is 26.8. The summed E-state index contributed by atoms with van der Waals surface area (Å²) in [7, 11) is 0. The highest BCUT2D eigenvalue weighted by Gasteiger charge is 2.25. The monoisotopic (exact) mass is 516 g/mol. The van der Waals surface area contributed by atoms with Gasteiger partial charge in [-0.1, -0.05) is 98.8 Å². The molecule has 0 bridgehead atoms. The molecule has 0 saturated carbocycles. The third-order valence-electron chi connectivity index (χ3n) is 8.82. The zero-order valence-electron chi connectivity index (χ0n) is 23.0. The molecular weight excluding hydrogens is 484 g/mol. The van der Waals surface area contributed by atoms with E-state index in [1.165, 1.54) is 66.5 Å². The lowest BCUT2D eigenvalue weighted by molar-refractivity contribution is 0.723.